The van der Waals surface area contributed by atoms with Crippen LogP contribution in [0.25, 0.3) is 0 Å². The van der Waals surface area contributed by atoms with Gasteiger partial charge in [-0.3, -0.25) is 23.6 Å². The number of hydrogen-bond donors (Lipinski definition) is 0. The molecule has 3 heterocycles. The van der Waals surface area contributed by atoms with Gasteiger partial charge in [0.25, 0.3) is 11.8 Å². The molecule has 1 saturated carbocycles. The van der Waals surface area contributed by atoms with Gasteiger partial charge in [0.2, 0.25) is 10.0 Å². The van der Waals surface area contributed by atoms with E-state index in [0.717, 1.165) is 35.8 Å². The van der Waals surface area contributed by atoms with Crippen molar-refractivity contribution in [3.63, 3.8) is 0 Å². The molecule has 13 nitrogen and oxygen atoms in total. The Labute approximate surface area is 309 Å². The van der Waals surface area contributed by atoms with E-state index in [-0.39, 0.29) is 75.0 Å². The molecule has 6 rings (SSSR count). The smallest absolute Gasteiger partial charge is 0.387 e. The number of anilines is 1. The quantitative estimate of drug-likeness (QED) is 0.0645. The van der Waals surface area contributed by atoms with Crippen LogP contribution >= 0.6 is 34.5 Å². The van der Waals surface area contributed by atoms with E-state index in [2.05, 4.69) is 9.72 Å². The lowest BCUT2D eigenvalue weighted by Crippen LogP contribution is -2.36. The van der Waals surface area contributed by atoms with Crippen LogP contribution in [0.2, 0.25) is 10.0 Å². The van der Waals surface area contributed by atoms with Crippen LogP contribution in [0.1, 0.15) is 55.8 Å². The van der Waals surface area contributed by atoms with Gasteiger partial charge in [0, 0.05) is 23.6 Å². The zero-order chi connectivity index (χ0) is 37.3. The number of carbonyl (C=O) groups is 3. The maximum Gasteiger partial charge on any atom is 0.387 e. The molecule has 0 radical (unpaired) electrons. The second-order valence-electron chi connectivity index (χ2n) is 11.9. The van der Waals surface area contributed by atoms with E-state index < -0.39 is 47.1 Å². The summed E-state index contributed by atoms with van der Waals surface area (Å²) < 4.78 is 69.4. The molecule has 1 unspecified atom stereocenters. The van der Waals surface area contributed by atoms with E-state index in [1.165, 1.54) is 53.9 Å². The lowest BCUT2D eigenvalue weighted by atomic mass is 10.0. The number of esters is 1. The fraction of sp³-hybridized carbons (Fsp3) is 0.303. The van der Waals surface area contributed by atoms with Gasteiger partial charge in [-0.2, -0.15) is 13.5 Å². The van der Waals surface area contributed by atoms with Gasteiger partial charge in [-0.15, -0.1) is 11.3 Å². The topological polar surface area (TPSA) is 159 Å². The highest BCUT2D eigenvalue weighted by atomic mass is 35.5. The molecule has 1 aliphatic heterocycles. The molecule has 0 spiro atoms. The lowest BCUT2D eigenvalue weighted by Gasteiger charge is -2.22. The molecular formula is C33H28Cl2F2N4O9S2. The Kier molecular flexibility index (Phi) is 10.9. The molecular weight excluding hydrogens is 769 g/mol. The summed E-state index contributed by atoms with van der Waals surface area (Å²) in [5, 5.41) is 14.0. The third-order valence-corrected chi connectivity index (χ3v) is 10.7. The SMILES string of the molecule is CS(=O)(=O)N(Cc1nccs1)c1ccc2c(c1)C(=O)N(CC(=O)OC(Cc1c(Cl)c[n+]([O-])cc1Cl)c1ccc(OC(F)F)c(OCC3CC3)c1)C2=O. The van der Waals surface area contributed by atoms with Gasteiger partial charge >= 0.3 is 12.6 Å². The zero-order valence-electron chi connectivity index (χ0n) is 27.0. The third-order valence-electron chi connectivity index (χ3n) is 8.14. The number of sulfonamides is 1. The molecule has 19 heteroatoms. The number of halogens is 4. The van der Waals surface area contributed by atoms with Crippen LogP contribution in [0.5, 0.6) is 11.5 Å². The molecule has 0 N–H and O–H groups in total. The molecule has 4 aromatic rings. The first-order valence-electron chi connectivity index (χ1n) is 15.5. The van der Waals surface area contributed by atoms with Crippen LogP contribution in [0.15, 0.2) is 60.4 Å². The Morgan fingerprint density at radius 3 is 2.44 bits per heavy atom. The van der Waals surface area contributed by atoms with Crippen LogP contribution in [0, 0.1) is 11.1 Å². The fourth-order valence-corrected chi connectivity index (χ4v) is 7.56. The minimum Gasteiger partial charge on any atom is -0.619 e. The van der Waals surface area contributed by atoms with Crippen LogP contribution < -0.4 is 18.5 Å². The van der Waals surface area contributed by atoms with Gasteiger partial charge < -0.3 is 19.4 Å². The van der Waals surface area contributed by atoms with E-state index in [1.807, 2.05) is 0 Å². The number of hydrogen-bond acceptors (Lipinski definition) is 11. The summed E-state index contributed by atoms with van der Waals surface area (Å²) in [4.78, 5) is 45.1. The molecule has 0 bridgehead atoms. The van der Waals surface area contributed by atoms with Crippen LogP contribution in [-0.4, -0.2) is 62.1 Å². The standard InChI is InChI=1S/C33H28Cl2F2N4O9S2/c1-52(46,47)41(15-29-38-8-9-51-29)20-5-6-21-22(11-20)32(44)40(31(21)43)16-30(42)49-27(12-23-24(34)13-39(45)14-25(23)35)19-4-7-26(50-33(36)37)28(10-19)48-17-18-2-3-18/h4-11,13-14,18,27,33H,2-3,12,15-17H2,1H3. The van der Waals surface area contributed by atoms with Crippen molar-refractivity contribution in [2.24, 2.45) is 5.92 Å². The van der Waals surface area contributed by atoms with Crippen molar-refractivity contribution in [3.05, 3.63) is 103 Å². The molecule has 1 fully saturated rings. The summed E-state index contributed by atoms with van der Waals surface area (Å²) in [6.07, 6.45) is 4.97. The summed E-state index contributed by atoms with van der Waals surface area (Å²) in [5.74, 6) is -2.76. The second-order valence-corrected chi connectivity index (χ2v) is 15.6. The van der Waals surface area contributed by atoms with Crippen LogP contribution in [0.3, 0.4) is 0 Å². The largest absolute Gasteiger partial charge is 0.619 e. The number of imide groups is 1. The first kappa shape index (κ1) is 37.2. The highest BCUT2D eigenvalue weighted by Gasteiger charge is 2.39. The maximum absolute atomic E-state index is 13.5. The van der Waals surface area contributed by atoms with E-state index in [4.69, 9.17) is 32.7 Å². The highest BCUT2D eigenvalue weighted by Crippen LogP contribution is 2.38. The lowest BCUT2D eigenvalue weighted by molar-refractivity contribution is -0.605. The third kappa shape index (κ3) is 8.54. The predicted molar refractivity (Wildman–Crippen MR) is 184 cm³/mol. The summed E-state index contributed by atoms with van der Waals surface area (Å²) in [5.41, 5.74) is 0.377. The number of benzene rings is 2. The molecule has 1 aliphatic carbocycles. The van der Waals surface area contributed by atoms with E-state index in [0.29, 0.717) is 14.6 Å². The predicted octanol–water partition coefficient (Wildman–Crippen LogP) is 5.56. The Morgan fingerprint density at radius 1 is 1.10 bits per heavy atom. The van der Waals surface area contributed by atoms with Crippen molar-refractivity contribution >= 4 is 68.0 Å². The average Bonchev–Trinajstić information content (AvgIpc) is 3.70. The number of ether oxygens (including phenoxy) is 3. The number of amides is 2. The Hall–Kier alpha value is -4.58. The number of pyridine rings is 1. The van der Waals surface area contributed by atoms with Crippen molar-refractivity contribution < 1.29 is 50.5 Å². The highest BCUT2D eigenvalue weighted by molar-refractivity contribution is 7.92. The Morgan fingerprint density at radius 2 is 1.81 bits per heavy atom. The number of nitrogens with zero attached hydrogens (tertiary/aromatic N) is 4. The zero-order valence-corrected chi connectivity index (χ0v) is 30.2. The average molecular weight is 798 g/mol. The second kappa shape index (κ2) is 15.2. The fourth-order valence-electron chi connectivity index (χ4n) is 5.42. The number of carbonyl (C=O) groups excluding carboxylic acids is 3. The normalized spacial score (nSPS) is 14.8. The van der Waals surface area contributed by atoms with Gasteiger partial charge in [0.15, 0.2) is 23.9 Å². The van der Waals surface area contributed by atoms with Crippen molar-refractivity contribution in [1.82, 2.24) is 9.88 Å². The molecule has 2 aliphatic rings. The number of rotatable bonds is 15. The van der Waals surface area contributed by atoms with E-state index in [9.17, 15) is 36.8 Å². The molecule has 2 amide bonds. The van der Waals surface area contributed by atoms with Crippen LogP contribution in [-0.2, 0) is 32.5 Å². The number of thiazole rings is 1. The van der Waals surface area contributed by atoms with Gasteiger partial charge in [-0.1, -0.05) is 29.3 Å². The number of aromatic nitrogens is 2. The van der Waals surface area contributed by atoms with Gasteiger partial charge in [0.05, 0.1) is 36.2 Å². The molecule has 2 aromatic heterocycles. The van der Waals surface area contributed by atoms with Crippen LogP contribution in [0.4, 0.5) is 14.5 Å². The van der Waals surface area contributed by atoms with Crippen molar-refractivity contribution in [2.75, 3.05) is 23.7 Å². The van der Waals surface area contributed by atoms with Crippen molar-refractivity contribution in [1.29, 1.82) is 0 Å². The van der Waals surface area contributed by atoms with Gasteiger partial charge in [0.1, 0.15) is 27.7 Å². The molecule has 1 atom stereocenters. The van der Waals surface area contributed by atoms with Crippen molar-refractivity contribution in [3.8, 4) is 11.5 Å². The number of alkyl halides is 2. The van der Waals surface area contributed by atoms with E-state index >= 15 is 0 Å². The molecule has 52 heavy (non-hydrogen) atoms. The summed E-state index contributed by atoms with van der Waals surface area (Å²) >= 11 is 13.9. The minimum atomic E-state index is -3.84. The number of fused-ring (bicyclic) bond motifs is 1. The Bertz CT molecular complexity index is 2110. The monoisotopic (exact) mass is 796 g/mol. The van der Waals surface area contributed by atoms with E-state index in [1.54, 1.807) is 5.38 Å². The minimum absolute atomic E-state index is 0.0393. The Balaban J connectivity index is 1.26. The van der Waals surface area contributed by atoms with Gasteiger partial charge in [-0.05, 0) is 54.7 Å². The van der Waals surface area contributed by atoms with Crippen molar-refractivity contribution in [2.45, 2.75) is 38.5 Å². The molecule has 2 aromatic carbocycles. The summed E-state index contributed by atoms with van der Waals surface area (Å²) in [6, 6.07) is 7.87. The molecule has 274 valence electrons. The summed E-state index contributed by atoms with van der Waals surface area (Å²) in [7, 11) is -3.84. The maximum atomic E-state index is 13.5. The first-order valence-corrected chi connectivity index (χ1v) is 19.0. The van der Waals surface area contributed by atoms with Gasteiger partial charge in [-0.25, -0.2) is 13.4 Å². The first-order chi connectivity index (χ1) is 24.7. The summed E-state index contributed by atoms with van der Waals surface area (Å²) in [6.45, 7) is -3.86. The molecule has 0 saturated heterocycles.